The van der Waals surface area contributed by atoms with E-state index in [0.29, 0.717) is 11.9 Å². The van der Waals surface area contributed by atoms with Crippen LogP contribution in [0, 0.1) is 6.92 Å². The molecule has 5 nitrogen and oxygen atoms in total. The van der Waals surface area contributed by atoms with E-state index in [1.807, 2.05) is 19.1 Å². The van der Waals surface area contributed by atoms with Crippen molar-refractivity contribution in [1.82, 2.24) is 9.97 Å². The standard InChI is InChI=1S/C24H27N3O2/c1-16-14-26-15-23(27-16)29-21-10-6-18(7-11-21)24(2,3)17-4-8-20(9-5-17)28-22-12-19(25)13-22/h4-11,14-15,19,22H,12-13,25H2,1-3H3. The van der Waals surface area contributed by atoms with Crippen LogP contribution in [0.15, 0.2) is 60.9 Å². The van der Waals surface area contributed by atoms with E-state index >= 15 is 0 Å². The molecule has 0 aliphatic heterocycles. The maximum absolute atomic E-state index is 5.97. The molecule has 0 atom stereocenters. The fourth-order valence-corrected chi connectivity index (χ4v) is 3.56. The summed E-state index contributed by atoms with van der Waals surface area (Å²) < 4.78 is 11.8. The number of aryl methyl sites for hydroxylation is 1. The van der Waals surface area contributed by atoms with Gasteiger partial charge in [0.15, 0.2) is 0 Å². The number of nitrogens with zero attached hydrogens (tertiary/aromatic N) is 2. The lowest BCUT2D eigenvalue weighted by Crippen LogP contribution is -2.43. The van der Waals surface area contributed by atoms with Gasteiger partial charge in [-0.25, -0.2) is 4.98 Å². The molecule has 5 heteroatoms. The molecule has 0 saturated heterocycles. The highest BCUT2D eigenvalue weighted by atomic mass is 16.5. The van der Waals surface area contributed by atoms with Crippen LogP contribution in [-0.4, -0.2) is 22.1 Å². The first-order chi connectivity index (χ1) is 13.9. The summed E-state index contributed by atoms with van der Waals surface area (Å²) in [5.74, 6) is 2.15. The zero-order valence-electron chi connectivity index (χ0n) is 17.1. The van der Waals surface area contributed by atoms with Crippen molar-refractivity contribution in [2.45, 2.75) is 51.2 Å². The monoisotopic (exact) mass is 389 g/mol. The summed E-state index contributed by atoms with van der Waals surface area (Å²) in [6, 6.07) is 16.8. The Hall–Kier alpha value is -2.92. The molecule has 29 heavy (non-hydrogen) atoms. The number of benzene rings is 2. The van der Waals surface area contributed by atoms with Crippen LogP contribution in [0.1, 0.15) is 43.5 Å². The molecular weight excluding hydrogens is 362 g/mol. The molecule has 4 rings (SSSR count). The normalized spacial score (nSPS) is 18.8. The summed E-state index contributed by atoms with van der Waals surface area (Å²) in [4.78, 5) is 8.44. The Bertz CT molecular complexity index is 962. The summed E-state index contributed by atoms with van der Waals surface area (Å²) >= 11 is 0. The van der Waals surface area contributed by atoms with E-state index < -0.39 is 0 Å². The van der Waals surface area contributed by atoms with Gasteiger partial charge in [-0.3, -0.25) is 4.98 Å². The highest BCUT2D eigenvalue weighted by Crippen LogP contribution is 2.34. The molecule has 1 fully saturated rings. The SMILES string of the molecule is Cc1cncc(Oc2ccc(C(C)(C)c3ccc(OC4CC(N)C4)cc3)cc2)n1. The molecule has 1 aliphatic carbocycles. The first kappa shape index (κ1) is 19.4. The predicted octanol–water partition coefficient (Wildman–Crippen LogP) is 4.77. The van der Waals surface area contributed by atoms with Gasteiger partial charge in [0.05, 0.1) is 11.9 Å². The number of hydrogen-bond donors (Lipinski definition) is 1. The van der Waals surface area contributed by atoms with E-state index in [0.717, 1.165) is 30.0 Å². The molecule has 1 saturated carbocycles. The van der Waals surface area contributed by atoms with Crippen LogP contribution in [0.3, 0.4) is 0 Å². The Morgan fingerprint density at radius 3 is 2.03 bits per heavy atom. The van der Waals surface area contributed by atoms with Gasteiger partial charge in [0.25, 0.3) is 0 Å². The zero-order chi connectivity index (χ0) is 20.4. The fourth-order valence-electron chi connectivity index (χ4n) is 3.56. The number of rotatable bonds is 6. The van der Waals surface area contributed by atoms with Gasteiger partial charge in [-0.15, -0.1) is 0 Å². The smallest absolute Gasteiger partial charge is 0.238 e. The summed E-state index contributed by atoms with van der Waals surface area (Å²) in [5.41, 5.74) is 8.96. The van der Waals surface area contributed by atoms with Gasteiger partial charge in [0.1, 0.15) is 17.6 Å². The third-order valence-corrected chi connectivity index (χ3v) is 5.54. The third-order valence-electron chi connectivity index (χ3n) is 5.54. The highest BCUT2D eigenvalue weighted by Gasteiger charge is 2.28. The molecule has 2 N–H and O–H groups in total. The number of nitrogens with two attached hydrogens (primary N) is 1. The van der Waals surface area contributed by atoms with Gasteiger partial charge >= 0.3 is 0 Å². The maximum Gasteiger partial charge on any atom is 0.238 e. The Balaban J connectivity index is 1.45. The molecule has 0 spiro atoms. The summed E-state index contributed by atoms with van der Waals surface area (Å²) in [7, 11) is 0. The Labute approximate surface area is 171 Å². The molecule has 1 heterocycles. The second-order valence-electron chi connectivity index (χ2n) is 8.25. The number of aromatic nitrogens is 2. The second-order valence-corrected chi connectivity index (χ2v) is 8.25. The van der Waals surface area contributed by atoms with E-state index in [1.165, 1.54) is 11.1 Å². The van der Waals surface area contributed by atoms with Crippen molar-refractivity contribution in [3.8, 4) is 17.4 Å². The molecule has 0 unspecified atom stereocenters. The minimum Gasteiger partial charge on any atom is -0.490 e. The lowest BCUT2D eigenvalue weighted by molar-refractivity contribution is 0.101. The number of ether oxygens (including phenoxy) is 2. The molecule has 0 bridgehead atoms. The van der Waals surface area contributed by atoms with Crippen molar-refractivity contribution < 1.29 is 9.47 Å². The highest BCUT2D eigenvalue weighted by molar-refractivity contribution is 5.42. The third kappa shape index (κ3) is 4.40. The zero-order valence-corrected chi connectivity index (χ0v) is 17.1. The molecule has 0 amide bonds. The molecule has 0 radical (unpaired) electrons. The topological polar surface area (TPSA) is 70.3 Å². The Morgan fingerprint density at radius 2 is 1.48 bits per heavy atom. The van der Waals surface area contributed by atoms with Crippen LogP contribution in [0.25, 0.3) is 0 Å². The van der Waals surface area contributed by atoms with E-state index in [4.69, 9.17) is 15.2 Å². The lowest BCUT2D eigenvalue weighted by Gasteiger charge is -2.33. The quantitative estimate of drug-likeness (QED) is 0.657. The summed E-state index contributed by atoms with van der Waals surface area (Å²) in [6.07, 6.45) is 5.46. The van der Waals surface area contributed by atoms with Crippen LogP contribution < -0.4 is 15.2 Å². The first-order valence-electron chi connectivity index (χ1n) is 10.00. The van der Waals surface area contributed by atoms with Crippen molar-refractivity contribution in [3.05, 3.63) is 77.7 Å². The maximum atomic E-state index is 5.97. The van der Waals surface area contributed by atoms with E-state index in [2.05, 4.69) is 60.2 Å². The van der Waals surface area contributed by atoms with Gasteiger partial charge in [-0.2, -0.15) is 0 Å². The minimum absolute atomic E-state index is 0.140. The predicted molar refractivity (Wildman–Crippen MR) is 113 cm³/mol. The average molecular weight is 389 g/mol. The fraction of sp³-hybridized carbons (Fsp3) is 0.333. The van der Waals surface area contributed by atoms with Gasteiger partial charge in [-0.1, -0.05) is 38.1 Å². The van der Waals surface area contributed by atoms with E-state index in [-0.39, 0.29) is 11.5 Å². The van der Waals surface area contributed by atoms with Gasteiger partial charge in [-0.05, 0) is 55.2 Å². The van der Waals surface area contributed by atoms with Crippen LogP contribution >= 0.6 is 0 Å². The van der Waals surface area contributed by atoms with Crippen LogP contribution in [0.5, 0.6) is 17.4 Å². The first-order valence-corrected chi connectivity index (χ1v) is 10.00. The van der Waals surface area contributed by atoms with Crippen molar-refractivity contribution in [2.75, 3.05) is 0 Å². The van der Waals surface area contributed by atoms with E-state index in [9.17, 15) is 0 Å². The van der Waals surface area contributed by atoms with Gasteiger partial charge in [0.2, 0.25) is 5.88 Å². The molecule has 150 valence electrons. The molecule has 2 aromatic carbocycles. The Morgan fingerprint density at radius 1 is 0.897 bits per heavy atom. The van der Waals surface area contributed by atoms with Gasteiger partial charge < -0.3 is 15.2 Å². The average Bonchev–Trinajstić information content (AvgIpc) is 2.68. The summed E-state index contributed by atoms with van der Waals surface area (Å²) in [5, 5.41) is 0. The second kappa shape index (κ2) is 7.84. The molecule has 3 aromatic rings. The van der Waals surface area contributed by atoms with Crippen LogP contribution in [-0.2, 0) is 5.41 Å². The minimum atomic E-state index is -0.140. The summed E-state index contributed by atoms with van der Waals surface area (Å²) in [6.45, 7) is 6.33. The van der Waals surface area contributed by atoms with Crippen molar-refractivity contribution >= 4 is 0 Å². The molecule has 1 aliphatic rings. The Kier molecular flexibility index (Phi) is 5.24. The van der Waals surface area contributed by atoms with Crippen LogP contribution in [0.4, 0.5) is 0 Å². The van der Waals surface area contributed by atoms with Gasteiger partial charge in [0, 0.05) is 17.7 Å². The van der Waals surface area contributed by atoms with E-state index in [1.54, 1.807) is 12.4 Å². The van der Waals surface area contributed by atoms with Crippen molar-refractivity contribution in [2.24, 2.45) is 5.73 Å². The van der Waals surface area contributed by atoms with Crippen LogP contribution in [0.2, 0.25) is 0 Å². The molecular formula is C24H27N3O2. The van der Waals surface area contributed by atoms with Crippen molar-refractivity contribution in [1.29, 1.82) is 0 Å². The largest absolute Gasteiger partial charge is 0.490 e. The number of hydrogen-bond acceptors (Lipinski definition) is 5. The molecule has 1 aromatic heterocycles. The van der Waals surface area contributed by atoms with Crippen molar-refractivity contribution in [3.63, 3.8) is 0 Å². The lowest BCUT2D eigenvalue weighted by atomic mass is 9.78.